The van der Waals surface area contributed by atoms with Crippen LogP contribution >= 0.6 is 0 Å². The van der Waals surface area contributed by atoms with Crippen molar-refractivity contribution in [3.8, 4) is 0 Å². The molecule has 0 atom stereocenters. The summed E-state index contributed by atoms with van der Waals surface area (Å²) in [5, 5.41) is 10.5. The van der Waals surface area contributed by atoms with E-state index in [2.05, 4.69) is 0 Å². The van der Waals surface area contributed by atoms with Gasteiger partial charge in [-0.3, -0.25) is 0 Å². The van der Waals surface area contributed by atoms with Crippen molar-refractivity contribution in [2.75, 3.05) is 0 Å². The number of carbonyl (C=O) groups is 1. The summed E-state index contributed by atoms with van der Waals surface area (Å²) in [5.41, 5.74) is 2.05. The van der Waals surface area contributed by atoms with Gasteiger partial charge in [-0.2, -0.15) is 0 Å². The van der Waals surface area contributed by atoms with Crippen molar-refractivity contribution < 1.29 is 28.8 Å². The number of carboxylic acids is 1. The number of aromatic carboxylic acids is 1. The van der Waals surface area contributed by atoms with Gasteiger partial charge in [0.1, 0.15) is 0 Å². The fourth-order valence-electron chi connectivity index (χ4n) is 0.972. The number of carboxylic acid groups (broad SMARTS) is 1. The molecule has 0 aliphatic heterocycles. The van der Waals surface area contributed by atoms with E-state index in [4.69, 9.17) is 0 Å². The summed E-state index contributed by atoms with van der Waals surface area (Å²) in [4.78, 5) is 10.5. The molecule has 58 valence electrons. The molecule has 2 nitrogen and oxygen atoms in total. The Hall–Kier alpha value is -0.713. The van der Waals surface area contributed by atoms with Crippen LogP contribution in [0.5, 0.6) is 0 Å². The van der Waals surface area contributed by atoms with Crippen molar-refractivity contribution in [2.45, 2.75) is 13.8 Å². The van der Waals surface area contributed by atoms with Crippen molar-refractivity contribution in [3.05, 3.63) is 34.9 Å². The molecular weight excluding hydrogens is 147 g/mol. The summed E-state index contributed by atoms with van der Waals surface area (Å²) in [7, 11) is 0. The topological polar surface area (TPSA) is 40.1 Å². The van der Waals surface area contributed by atoms with Crippen LogP contribution in [0, 0.1) is 13.8 Å². The summed E-state index contributed by atoms with van der Waals surface area (Å²) in [6.07, 6.45) is 0. The fourth-order valence-corrected chi connectivity index (χ4v) is 0.972. The third-order valence-corrected chi connectivity index (χ3v) is 1.82. The first kappa shape index (κ1) is 11.3. The SMILES string of the molecule is Cc1cccc(C(=O)[O-])c1C.[Li+]. The van der Waals surface area contributed by atoms with Crippen molar-refractivity contribution in [3.63, 3.8) is 0 Å². The largest absolute Gasteiger partial charge is 1.00 e. The van der Waals surface area contributed by atoms with E-state index in [1.807, 2.05) is 13.0 Å². The van der Waals surface area contributed by atoms with Crippen LogP contribution in [0.1, 0.15) is 21.5 Å². The normalized spacial score (nSPS) is 8.83. The fraction of sp³-hybridized carbons (Fsp3) is 0.222. The Kier molecular flexibility index (Phi) is 4.09. The summed E-state index contributed by atoms with van der Waals surface area (Å²) < 4.78 is 0. The first-order valence-corrected chi connectivity index (χ1v) is 3.40. The van der Waals surface area contributed by atoms with Crippen LogP contribution in [0.3, 0.4) is 0 Å². The zero-order valence-electron chi connectivity index (χ0n) is 7.55. The molecule has 1 aromatic carbocycles. The molecule has 0 fully saturated rings. The van der Waals surface area contributed by atoms with Crippen LogP contribution in [0.4, 0.5) is 0 Å². The minimum absolute atomic E-state index is 0. The zero-order valence-corrected chi connectivity index (χ0v) is 7.55. The predicted octanol–water partition coefficient (Wildman–Crippen LogP) is -2.33. The minimum atomic E-state index is -1.11. The van der Waals surface area contributed by atoms with E-state index in [9.17, 15) is 9.90 Å². The molecule has 0 bridgehead atoms. The first-order valence-electron chi connectivity index (χ1n) is 3.40. The van der Waals surface area contributed by atoms with E-state index in [1.54, 1.807) is 19.1 Å². The van der Waals surface area contributed by atoms with Gasteiger partial charge in [0.25, 0.3) is 0 Å². The van der Waals surface area contributed by atoms with Gasteiger partial charge in [-0.25, -0.2) is 0 Å². The maximum atomic E-state index is 10.5. The van der Waals surface area contributed by atoms with E-state index >= 15 is 0 Å². The molecular formula is C9H9LiO2. The monoisotopic (exact) mass is 156 g/mol. The molecule has 0 spiro atoms. The van der Waals surface area contributed by atoms with Gasteiger partial charge in [-0.15, -0.1) is 0 Å². The molecule has 0 aliphatic carbocycles. The minimum Gasteiger partial charge on any atom is -0.545 e. The Morgan fingerprint density at radius 1 is 1.33 bits per heavy atom. The second-order valence-electron chi connectivity index (χ2n) is 2.53. The third-order valence-electron chi connectivity index (χ3n) is 1.82. The molecule has 0 unspecified atom stereocenters. The maximum absolute atomic E-state index is 10.5. The number of aryl methyl sites for hydroxylation is 1. The Bertz CT molecular complexity index is 295. The molecule has 0 saturated heterocycles. The van der Waals surface area contributed by atoms with Crippen molar-refractivity contribution in [2.24, 2.45) is 0 Å². The Morgan fingerprint density at radius 2 is 1.92 bits per heavy atom. The molecule has 1 aromatic rings. The molecule has 0 aliphatic rings. The smallest absolute Gasteiger partial charge is 0.545 e. The van der Waals surface area contributed by atoms with E-state index in [0.29, 0.717) is 0 Å². The van der Waals surface area contributed by atoms with E-state index in [-0.39, 0.29) is 24.4 Å². The summed E-state index contributed by atoms with van der Waals surface area (Å²) in [5.74, 6) is -1.11. The second kappa shape index (κ2) is 4.35. The number of rotatable bonds is 1. The molecule has 12 heavy (non-hydrogen) atoms. The Labute approximate surface area is 83.8 Å². The number of carbonyl (C=O) groups excluding carboxylic acids is 1. The number of hydrogen-bond acceptors (Lipinski definition) is 2. The first-order chi connectivity index (χ1) is 5.13. The van der Waals surface area contributed by atoms with E-state index in [0.717, 1.165) is 11.1 Å². The van der Waals surface area contributed by atoms with Crippen LogP contribution in [0.15, 0.2) is 18.2 Å². The predicted molar refractivity (Wildman–Crippen MR) is 40.2 cm³/mol. The van der Waals surface area contributed by atoms with Gasteiger partial charge in [0.15, 0.2) is 0 Å². The van der Waals surface area contributed by atoms with Gasteiger partial charge in [-0.1, -0.05) is 18.2 Å². The Balaban J connectivity index is 0.00000121. The molecule has 0 heterocycles. The van der Waals surface area contributed by atoms with E-state index < -0.39 is 5.97 Å². The quantitative estimate of drug-likeness (QED) is 0.428. The van der Waals surface area contributed by atoms with E-state index in [1.165, 1.54) is 0 Å². The summed E-state index contributed by atoms with van der Waals surface area (Å²) in [6.45, 7) is 3.66. The molecule has 0 amide bonds. The van der Waals surface area contributed by atoms with Gasteiger partial charge in [-0.05, 0) is 25.0 Å². The molecule has 1 rings (SSSR count). The van der Waals surface area contributed by atoms with Gasteiger partial charge in [0, 0.05) is 5.56 Å². The molecule has 0 N–H and O–H groups in total. The van der Waals surface area contributed by atoms with Crippen LogP contribution in [0.25, 0.3) is 0 Å². The van der Waals surface area contributed by atoms with Gasteiger partial charge >= 0.3 is 18.9 Å². The van der Waals surface area contributed by atoms with Crippen LogP contribution < -0.4 is 24.0 Å². The average molecular weight is 156 g/mol. The number of benzene rings is 1. The molecule has 0 saturated carbocycles. The standard InChI is InChI=1S/C9H10O2.Li/c1-6-4-3-5-8(7(6)2)9(10)11;/h3-5H,1-2H3,(H,10,11);/q;+1/p-1. The zero-order chi connectivity index (χ0) is 8.43. The average Bonchev–Trinajstić information content (AvgIpc) is 1.94. The van der Waals surface area contributed by atoms with Crippen LogP contribution in [0.2, 0.25) is 0 Å². The van der Waals surface area contributed by atoms with Crippen LogP contribution in [-0.2, 0) is 0 Å². The van der Waals surface area contributed by atoms with Gasteiger partial charge < -0.3 is 9.90 Å². The van der Waals surface area contributed by atoms with Gasteiger partial charge in [0.2, 0.25) is 0 Å². The maximum Gasteiger partial charge on any atom is 1.00 e. The van der Waals surface area contributed by atoms with Crippen molar-refractivity contribution in [1.29, 1.82) is 0 Å². The van der Waals surface area contributed by atoms with Gasteiger partial charge in [0.05, 0.1) is 5.97 Å². The number of hydrogen-bond donors (Lipinski definition) is 0. The van der Waals surface area contributed by atoms with Crippen molar-refractivity contribution >= 4 is 5.97 Å². The molecule has 0 aromatic heterocycles. The third kappa shape index (κ3) is 2.13. The molecule has 0 radical (unpaired) electrons. The summed E-state index contributed by atoms with van der Waals surface area (Å²) in [6, 6.07) is 5.15. The van der Waals surface area contributed by atoms with Crippen LogP contribution in [-0.4, -0.2) is 5.97 Å². The Morgan fingerprint density at radius 3 is 2.33 bits per heavy atom. The molecule has 3 heteroatoms. The summed E-state index contributed by atoms with van der Waals surface area (Å²) >= 11 is 0. The van der Waals surface area contributed by atoms with Crippen molar-refractivity contribution in [1.82, 2.24) is 0 Å². The second-order valence-corrected chi connectivity index (χ2v) is 2.53.